The van der Waals surface area contributed by atoms with Gasteiger partial charge in [0.2, 0.25) is 0 Å². The van der Waals surface area contributed by atoms with E-state index in [4.69, 9.17) is 5.73 Å². The summed E-state index contributed by atoms with van der Waals surface area (Å²) in [4.78, 5) is 5.79. The van der Waals surface area contributed by atoms with Crippen molar-refractivity contribution in [1.82, 2.24) is 4.90 Å². The fraction of sp³-hybridized carbons (Fsp3) is 0.375. The molecule has 1 aromatic heterocycles. The number of nitrogens with zero attached hydrogens (tertiary/aromatic N) is 2. The van der Waals surface area contributed by atoms with Crippen LogP contribution in [-0.4, -0.2) is 32.6 Å². The third-order valence-electron chi connectivity index (χ3n) is 3.53. The average Bonchev–Trinajstić information content (AvgIpc) is 2.93. The van der Waals surface area contributed by atoms with Crippen molar-refractivity contribution in [2.75, 3.05) is 32.6 Å². The lowest BCUT2D eigenvalue weighted by Gasteiger charge is -2.27. The number of benzene rings is 1. The van der Waals surface area contributed by atoms with Crippen LogP contribution in [0.1, 0.15) is 16.5 Å². The molecule has 2 N–H and O–H groups in total. The summed E-state index contributed by atoms with van der Waals surface area (Å²) >= 11 is 1.79. The van der Waals surface area contributed by atoms with Gasteiger partial charge in [-0.3, -0.25) is 4.90 Å². The summed E-state index contributed by atoms with van der Waals surface area (Å²) in [6.45, 7) is 1.57. The van der Waals surface area contributed by atoms with Crippen LogP contribution in [0.25, 0.3) is 0 Å². The Morgan fingerprint density at radius 3 is 2.30 bits per heavy atom. The fourth-order valence-electron chi connectivity index (χ4n) is 2.32. The van der Waals surface area contributed by atoms with Crippen LogP contribution >= 0.6 is 11.3 Å². The maximum absolute atomic E-state index is 5.98. The van der Waals surface area contributed by atoms with Crippen molar-refractivity contribution in [3.63, 3.8) is 0 Å². The van der Waals surface area contributed by atoms with E-state index in [1.165, 1.54) is 16.1 Å². The molecular weight excluding hydrogens is 266 g/mol. The number of hydrogen-bond donors (Lipinski definition) is 1. The summed E-state index contributed by atoms with van der Waals surface area (Å²) in [6.07, 6.45) is 0. The van der Waals surface area contributed by atoms with Gasteiger partial charge >= 0.3 is 0 Å². The van der Waals surface area contributed by atoms with Crippen molar-refractivity contribution in [1.29, 1.82) is 0 Å². The number of rotatable bonds is 6. The highest BCUT2D eigenvalue weighted by Crippen LogP contribution is 2.23. The first-order valence-corrected chi connectivity index (χ1v) is 7.69. The molecule has 0 saturated heterocycles. The van der Waals surface area contributed by atoms with Crippen LogP contribution in [0, 0.1) is 0 Å². The molecule has 0 aliphatic rings. The van der Waals surface area contributed by atoms with Crippen LogP contribution in [0.2, 0.25) is 0 Å². The summed E-state index contributed by atoms with van der Waals surface area (Å²) in [5, 5.41) is 2.12. The predicted molar refractivity (Wildman–Crippen MR) is 88.4 cm³/mol. The van der Waals surface area contributed by atoms with Crippen molar-refractivity contribution in [3.8, 4) is 0 Å². The molecule has 0 spiro atoms. The SMILES string of the molecule is CN(C)c1ccc(C(CN)N(C)Cc2cccs2)cc1. The zero-order chi connectivity index (χ0) is 14.5. The number of hydrogen-bond acceptors (Lipinski definition) is 4. The van der Waals surface area contributed by atoms with Gasteiger partial charge in [0.15, 0.2) is 0 Å². The van der Waals surface area contributed by atoms with E-state index >= 15 is 0 Å². The minimum atomic E-state index is 0.258. The summed E-state index contributed by atoms with van der Waals surface area (Å²) in [6, 6.07) is 13.2. The van der Waals surface area contributed by atoms with Gasteiger partial charge in [-0.25, -0.2) is 0 Å². The molecule has 2 rings (SSSR count). The number of likely N-dealkylation sites (N-methyl/N-ethyl adjacent to an activating group) is 1. The van der Waals surface area contributed by atoms with Crippen LogP contribution in [0.4, 0.5) is 5.69 Å². The predicted octanol–water partition coefficient (Wildman–Crippen LogP) is 2.95. The highest BCUT2D eigenvalue weighted by atomic mass is 32.1. The molecule has 0 bridgehead atoms. The van der Waals surface area contributed by atoms with Crippen LogP contribution in [-0.2, 0) is 6.54 Å². The third-order valence-corrected chi connectivity index (χ3v) is 4.40. The summed E-state index contributed by atoms with van der Waals surface area (Å²) in [5.74, 6) is 0. The molecule has 0 aliphatic carbocycles. The normalized spacial score (nSPS) is 12.7. The summed E-state index contributed by atoms with van der Waals surface area (Å²) < 4.78 is 0. The van der Waals surface area contributed by atoms with E-state index in [2.05, 4.69) is 72.7 Å². The Kier molecular flexibility index (Phi) is 5.17. The zero-order valence-electron chi connectivity index (χ0n) is 12.4. The van der Waals surface area contributed by atoms with Gasteiger partial charge in [0.25, 0.3) is 0 Å². The molecule has 0 saturated carbocycles. The maximum atomic E-state index is 5.98. The highest BCUT2D eigenvalue weighted by Gasteiger charge is 2.16. The Labute approximate surface area is 125 Å². The Morgan fingerprint density at radius 2 is 1.80 bits per heavy atom. The molecule has 0 fully saturated rings. The second kappa shape index (κ2) is 6.88. The molecular formula is C16H23N3S. The molecule has 0 amide bonds. The third kappa shape index (κ3) is 3.60. The van der Waals surface area contributed by atoms with Gasteiger partial charge < -0.3 is 10.6 Å². The van der Waals surface area contributed by atoms with Gasteiger partial charge in [-0.2, -0.15) is 0 Å². The Balaban J connectivity index is 2.10. The van der Waals surface area contributed by atoms with Gasteiger partial charge in [0.05, 0.1) is 0 Å². The van der Waals surface area contributed by atoms with Gasteiger partial charge in [0, 0.05) is 43.8 Å². The average molecular weight is 289 g/mol. The zero-order valence-corrected chi connectivity index (χ0v) is 13.2. The molecule has 3 nitrogen and oxygen atoms in total. The van der Waals surface area contributed by atoms with Crippen molar-refractivity contribution in [2.24, 2.45) is 5.73 Å². The molecule has 20 heavy (non-hydrogen) atoms. The largest absolute Gasteiger partial charge is 0.378 e. The van der Waals surface area contributed by atoms with E-state index in [1.54, 1.807) is 11.3 Å². The Hall–Kier alpha value is -1.36. The first kappa shape index (κ1) is 15.0. The van der Waals surface area contributed by atoms with Crippen LogP contribution in [0.3, 0.4) is 0 Å². The standard InChI is InChI=1S/C16H23N3S/c1-18(2)14-8-6-13(7-9-14)16(11-17)19(3)12-15-5-4-10-20-15/h4-10,16H,11-12,17H2,1-3H3. The molecule has 1 heterocycles. The number of anilines is 1. The van der Waals surface area contributed by atoms with E-state index in [0.29, 0.717) is 6.54 Å². The second-order valence-electron chi connectivity index (χ2n) is 5.23. The van der Waals surface area contributed by atoms with Crippen LogP contribution in [0.15, 0.2) is 41.8 Å². The molecule has 1 atom stereocenters. The first-order chi connectivity index (χ1) is 9.61. The first-order valence-electron chi connectivity index (χ1n) is 6.81. The van der Waals surface area contributed by atoms with E-state index in [0.717, 1.165) is 6.54 Å². The van der Waals surface area contributed by atoms with E-state index in [9.17, 15) is 0 Å². The highest BCUT2D eigenvalue weighted by molar-refractivity contribution is 7.09. The lowest BCUT2D eigenvalue weighted by molar-refractivity contribution is 0.244. The van der Waals surface area contributed by atoms with Crippen LogP contribution < -0.4 is 10.6 Å². The lowest BCUT2D eigenvalue weighted by Crippen LogP contribution is -2.30. The smallest absolute Gasteiger partial charge is 0.0471 e. The lowest BCUT2D eigenvalue weighted by atomic mass is 10.0. The minimum absolute atomic E-state index is 0.258. The van der Waals surface area contributed by atoms with Gasteiger partial charge in [-0.05, 0) is 36.2 Å². The Bertz CT molecular complexity index is 505. The number of nitrogens with two attached hydrogens (primary N) is 1. The van der Waals surface area contributed by atoms with Crippen molar-refractivity contribution in [3.05, 3.63) is 52.2 Å². The molecule has 1 unspecified atom stereocenters. The van der Waals surface area contributed by atoms with Crippen molar-refractivity contribution in [2.45, 2.75) is 12.6 Å². The maximum Gasteiger partial charge on any atom is 0.0471 e. The Morgan fingerprint density at radius 1 is 1.10 bits per heavy atom. The number of thiophene rings is 1. The molecule has 0 radical (unpaired) electrons. The van der Waals surface area contributed by atoms with Crippen molar-refractivity contribution >= 4 is 17.0 Å². The molecule has 1 aromatic carbocycles. The van der Waals surface area contributed by atoms with E-state index in [-0.39, 0.29) is 6.04 Å². The van der Waals surface area contributed by atoms with Crippen LogP contribution in [0.5, 0.6) is 0 Å². The quantitative estimate of drug-likeness (QED) is 0.887. The fourth-order valence-corrected chi connectivity index (χ4v) is 3.09. The molecule has 0 aliphatic heterocycles. The molecule has 108 valence electrons. The van der Waals surface area contributed by atoms with Gasteiger partial charge in [-0.15, -0.1) is 11.3 Å². The van der Waals surface area contributed by atoms with Gasteiger partial charge in [-0.1, -0.05) is 18.2 Å². The van der Waals surface area contributed by atoms with E-state index < -0.39 is 0 Å². The van der Waals surface area contributed by atoms with Crippen molar-refractivity contribution < 1.29 is 0 Å². The van der Waals surface area contributed by atoms with Gasteiger partial charge in [0.1, 0.15) is 0 Å². The molecule has 2 aromatic rings. The summed E-state index contributed by atoms with van der Waals surface area (Å²) in [7, 11) is 6.24. The topological polar surface area (TPSA) is 32.5 Å². The molecule has 4 heteroatoms. The minimum Gasteiger partial charge on any atom is -0.378 e. The van der Waals surface area contributed by atoms with E-state index in [1.807, 2.05) is 0 Å². The summed E-state index contributed by atoms with van der Waals surface area (Å²) in [5.41, 5.74) is 8.47. The monoisotopic (exact) mass is 289 g/mol. The second-order valence-corrected chi connectivity index (χ2v) is 6.26.